The van der Waals surface area contributed by atoms with Crippen LogP contribution in [-0.4, -0.2) is 13.1 Å². The molecule has 0 aromatic rings. The number of carbonyl (C=O) groups excluding carboxylic acids is 1. The highest BCUT2D eigenvalue weighted by Crippen LogP contribution is 2.55. The lowest BCUT2D eigenvalue weighted by Gasteiger charge is -2.04. The molecule has 0 radical (unpaired) electrons. The van der Waals surface area contributed by atoms with E-state index in [1.165, 1.54) is 32.8 Å². The van der Waals surface area contributed by atoms with E-state index in [2.05, 4.69) is 0 Å². The Labute approximate surface area is 66.9 Å². The number of carbonyl (C=O) groups is 1. The Morgan fingerprint density at radius 2 is 1.82 bits per heavy atom. The Morgan fingerprint density at radius 3 is 2.27 bits per heavy atom. The maximum atomic E-state index is 11.1. The molecule has 2 heteroatoms. The summed E-state index contributed by atoms with van der Waals surface area (Å²) in [6.07, 6.45) is 5.14. The lowest BCUT2D eigenvalue weighted by molar-refractivity contribution is -0.142. The molecular weight excluding hydrogens is 140 g/mol. The van der Waals surface area contributed by atoms with Gasteiger partial charge in [0.15, 0.2) is 0 Å². The molecule has 0 spiro atoms. The summed E-state index contributed by atoms with van der Waals surface area (Å²) >= 11 is 0. The molecule has 11 heavy (non-hydrogen) atoms. The van der Waals surface area contributed by atoms with E-state index in [-0.39, 0.29) is 11.9 Å². The fraction of sp³-hybridized carbons (Fsp3) is 0.889. The van der Waals surface area contributed by atoms with Crippen molar-refractivity contribution in [3.8, 4) is 0 Å². The van der Waals surface area contributed by atoms with E-state index in [1.54, 1.807) is 0 Å². The largest absolute Gasteiger partial charge is 0.469 e. The summed E-state index contributed by atoms with van der Waals surface area (Å²) in [6, 6.07) is 0. The quantitative estimate of drug-likeness (QED) is 0.536. The Balaban J connectivity index is 1.94. The van der Waals surface area contributed by atoms with E-state index >= 15 is 0 Å². The second kappa shape index (κ2) is 2.50. The van der Waals surface area contributed by atoms with Crippen LogP contribution in [0.5, 0.6) is 0 Å². The molecule has 2 fully saturated rings. The summed E-state index contributed by atoms with van der Waals surface area (Å²) in [6.45, 7) is 0. The van der Waals surface area contributed by atoms with Crippen molar-refractivity contribution < 1.29 is 9.53 Å². The van der Waals surface area contributed by atoms with E-state index in [4.69, 9.17) is 4.74 Å². The highest BCUT2D eigenvalue weighted by atomic mass is 16.5. The van der Waals surface area contributed by atoms with Crippen LogP contribution in [0.4, 0.5) is 0 Å². The molecule has 0 N–H and O–H groups in total. The second-order valence-corrected chi connectivity index (χ2v) is 3.66. The van der Waals surface area contributed by atoms with Crippen LogP contribution in [0.25, 0.3) is 0 Å². The van der Waals surface area contributed by atoms with Crippen molar-refractivity contribution >= 4 is 5.97 Å². The summed E-state index contributed by atoms with van der Waals surface area (Å²) in [5.74, 6) is 1.69. The number of esters is 1. The van der Waals surface area contributed by atoms with Gasteiger partial charge in [0.2, 0.25) is 0 Å². The van der Waals surface area contributed by atoms with E-state index < -0.39 is 0 Å². The molecule has 1 unspecified atom stereocenters. The van der Waals surface area contributed by atoms with Crippen molar-refractivity contribution in [1.29, 1.82) is 0 Å². The fourth-order valence-electron chi connectivity index (χ4n) is 2.48. The van der Waals surface area contributed by atoms with Crippen LogP contribution in [-0.2, 0) is 9.53 Å². The minimum atomic E-state index is 0.0295. The third-order valence-electron chi connectivity index (χ3n) is 3.13. The first-order valence-corrected chi connectivity index (χ1v) is 4.42. The second-order valence-electron chi connectivity index (χ2n) is 3.66. The zero-order valence-electron chi connectivity index (χ0n) is 6.88. The Bertz CT molecular complexity index is 164. The number of fused-ring (bicyclic) bond motifs is 1. The minimum absolute atomic E-state index is 0.0295. The molecule has 3 atom stereocenters. The van der Waals surface area contributed by atoms with Crippen molar-refractivity contribution in [2.45, 2.75) is 25.7 Å². The number of ether oxygens (including phenoxy) is 1. The average molecular weight is 154 g/mol. The Kier molecular flexibility index (Phi) is 1.63. The average Bonchev–Trinajstić information content (AvgIpc) is 2.77. The van der Waals surface area contributed by atoms with Gasteiger partial charge in [0.05, 0.1) is 13.0 Å². The zero-order chi connectivity index (χ0) is 7.84. The molecule has 0 amide bonds. The van der Waals surface area contributed by atoms with Gasteiger partial charge in [-0.2, -0.15) is 0 Å². The van der Waals surface area contributed by atoms with Gasteiger partial charge >= 0.3 is 5.97 Å². The van der Waals surface area contributed by atoms with Gasteiger partial charge in [-0.1, -0.05) is 12.8 Å². The molecule has 0 saturated heterocycles. The van der Waals surface area contributed by atoms with Crippen molar-refractivity contribution in [2.75, 3.05) is 7.11 Å². The molecule has 2 nitrogen and oxygen atoms in total. The van der Waals surface area contributed by atoms with Crippen LogP contribution in [0, 0.1) is 17.8 Å². The predicted octanol–water partition coefficient (Wildman–Crippen LogP) is 1.60. The number of methoxy groups -OCH3 is 1. The predicted molar refractivity (Wildman–Crippen MR) is 41.0 cm³/mol. The molecule has 0 aromatic heterocycles. The first kappa shape index (κ1) is 7.14. The van der Waals surface area contributed by atoms with E-state index in [0.29, 0.717) is 11.8 Å². The molecular formula is C9H14O2. The molecule has 0 bridgehead atoms. The highest BCUT2D eigenvalue weighted by molar-refractivity contribution is 5.76. The molecule has 62 valence electrons. The van der Waals surface area contributed by atoms with E-state index in [9.17, 15) is 4.79 Å². The monoisotopic (exact) mass is 154 g/mol. The summed E-state index contributed by atoms with van der Waals surface area (Å²) < 4.78 is 4.73. The van der Waals surface area contributed by atoms with Gasteiger partial charge in [0, 0.05) is 0 Å². The van der Waals surface area contributed by atoms with Crippen molar-refractivity contribution in [1.82, 2.24) is 0 Å². The topological polar surface area (TPSA) is 26.3 Å². The molecule has 2 rings (SSSR count). The SMILES string of the molecule is COC(=O)C1[C@H]2CCCC[C@@H]12. The van der Waals surface area contributed by atoms with Crippen LogP contribution < -0.4 is 0 Å². The molecule has 2 aliphatic rings. The van der Waals surface area contributed by atoms with Gasteiger partial charge in [-0.15, -0.1) is 0 Å². The van der Waals surface area contributed by atoms with Crippen LogP contribution >= 0.6 is 0 Å². The summed E-state index contributed by atoms with van der Waals surface area (Å²) in [5, 5.41) is 0. The molecule has 0 aromatic carbocycles. The summed E-state index contributed by atoms with van der Waals surface area (Å²) in [5.41, 5.74) is 0. The molecule has 0 heterocycles. The van der Waals surface area contributed by atoms with Gasteiger partial charge in [-0.3, -0.25) is 4.79 Å². The summed E-state index contributed by atoms with van der Waals surface area (Å²) in [4.78, 5) is 11.1. The van der Waals surface area contributed by atoms with Crippen LogP contribution in [0.15, 0.2) is 0 Å². The van der Waals surface area contributed by atoms with Crippen molar-refractivity contribution in [2.24, 2.45) is 17.8 Å². The van der Waals surface area contributed by atoms with Gasteiger partial charge < -0.3 is 4.74 Å². The standard InChI is InChI=1S/C9H14O2/c1-11-9(10)8-6-4-2-3-5-7(6)8/h6-8H,2-5H2,1H3/t6-,7+,8?. The number of rotatable bonds is 1. The summed E-state index contributed by atoms with van der Waals surface area (Å²) in [7, 11) is 1.49. The van der Waals surface area contributed by atoms with Gasteiger partial charge in [-0.05, 0) is 24.7 Å². The van der Waals surface area contributed by atoms with Crippen LogP contribution in [0.2, 0.25) is 0 Å². The van der Waals surface area contributed by atoms with Gasteiger partial charge in [-0.25, -0.2) is 0 Å². The first-order chi connectivity index (χ1) is 5.34. The first-order valence-electron chi connectivity index (χ1n) is 4.42. The highest BCUT2D eigenvalue weighted by Gasteiger charge is 2.55. The maximum absolute atomic E-state index is 11.1. The van der Waals surface area contributed by atoms with Gasteiger partial charge in [0.1, 0.15) is 0 Å². The van der Waals surface area contributed by atoms with Crippen LogP contribution in [0.3, 0.4) is 0 Å². The van der Waals surface area contributed by atoms with Crippen LogP contribution in [0.1, 0.15) is 25.7 Å². The maximum Gasteiger partial charge on any atom is 0.309 e. The molecule has 2 aliphatic carbocycles. The minimum Gasteiger partial charge on any atom is -0.469 e. The lowest BCUT2D eigenvalue weighted by Crippen LogP contribution is -2.04. The van der Waals surface area contributed by atoms with E-state index in [0.717, 1.165) is 0 Å². The van der Waals surface area contributed by atoms with Crippen molar-refractivity contribution in [3.63, 3.8) is 0 Å². The Hall–Kier alpha value is -0.530. The number of hydrogen-bond donors (Lipinski definition) is 0. The van der Waals surface area contributed by atoms with E-state index in [1.807, 2.05) is 0 Å². The normalized spacial score (nSPS) is 41.0. The Morgan fingerprint density at radius 1 is 1.27 bits per heavy atom. The molecule has 2 saturated carbocycles. The molecule has 0 aliphatic heterocycles. The fourth-order valence-corrected chi connectivity index (χ4v) is 2.48. The third kappa shape index (κ3) is 1.05. The zero-order valence-corrected chi connectivity index (χ0v) is 6.88. The third-order valence-corrected chi connectivity index (χ3v) is 3.13. The van der Waals surface area contributed by atoms with Crippen molar-refractivity contribution in [3.05, 3.63) is 0 Å². The van der Waals surface area contributed by atoms with Gasteiger partial charge in [0.25, 0.3) is 0 Å². The lowest BCUT2D eigenvalue weighted by atomic mass is 10.0. The number of hydrogen-bond acceptors (Lipinski definition) is 2. The smallest absolute Gasteiger partial charge is 0.309 e.